The highest BCUT2D eigenvalue weighted by molar-refractivity contribution is 7.09. The van der Waals surface area contributed by atoms with Crippen molar-refractivity contribution in [1.82, 2.24) is 10.3 Å². The zero-order valence-corrected chi connectivity index (χ0v) is 10.8. The van der Waals surface area contributed by atoms with Crippen molar-refractivity contribution in [2.75, 3.05) is 7.05 Å². The molecule has 0 amide bonds. The van der Waals surface area contributed by atoms with E-state index in [1.807, 2.05) is 38.2 Å². The number of rotatable bonds is 3. The molecule has 0 aliphatic rings. The first-order valence-corrected chi connectivity index (χ1v) is 6.31. The molecular weight excluding hydrogens is 240 g/mol. The molecule has 0 fully saturated rings. The van der Waals surface area contributed by atoms with Gasteiger partial charge in [-0.3, -0.25) is 0 Å². The summed E-state index contributed by atoms with van der Waals surface area (Å²) in [6.07, 6.45) is 0. The predicted molar refractivity (Wildman–Crippen MR) is 69.2 cm³/mol. The van der Waals surface area contributed by atoms with Crippen molar-refractivity contribution < 1.29 is 0 Å². The molecule has 0 saturated carbocycles. The summed E-state index contributed by atoms with van der Waals surface area (Å²) in [4.78, 5) is 4.50. The maximum Gasteiger partial charge on any atom is 0.114 e. The monoisotopic (exact) mass is 252 g/mol. The number of aromatic nitrogens is 1. The molecule has 2 nitrogen and oxygen atoms in total. The van der Waals surface area contributed by atoms with Crippen molar-refractivity contribution in [3.05, 3.63) is 50.9 Å². The molecule has 0 saturated heterocycles. The third kappa shape index (κ3) is 2.43. The number of nitrogens with one attached hydrogen (secondary N) is 1. The summed E-state index contributed by atoms with van der Waals surface area (Å²) in [5, 5.41) is 7.18. The molecule has 1 atom stereocenters. The highest BCUT2D eigenvalue weighted by Crippen LogP contribution is 2.25. The fourth-order valence-electron chi connectivity index (χ4n) is 1.59. The first kappa shape index (κ1) is 11.6. The van der Waals surface area contributed by atoms with Crippen LogP contribution in [0.2, 0.25) is 5.02 Å². The summed E-state index contributed by atoms with van der Waals surface area (Å²) < 4.78 is 0. The average Bonchev–Trinajstić information content (AvgIpc) is 2.69. The molecule has 1 aromatic carbocycles. The maximum atomic E-state index is 5.88. The van der Waals surface area contributed by atoms with Crippen LogP contribution in [-0.2, 0) is 0 Å². The van der Waals surface area contributed by atoms with E-state index >= 15 is 0 Å². The Balaban J connectivity index is 2.32. The number of benzene rings is 1. The van der Waals surface area contributed by atoms with Gasteiger partial charge in [0, 0.05) is 16.1 Å². The molecule has 0 radical (unpaired) electrons. The second-order valence-electron chi connectivity index (χ2n) is 3.60. The summed E-state index contributed by atoms with van der Waals surface area (Å²) in [5.74, 6) is 0. The lowest BCUT2D eigenvalue weighted by atomic mass is 10.1. The van der Waals surface area contributed by atoms with E-state index in [9.17, 15) is 0 Å². The fourth-order valence-corrected chi connectivity index (χ4v) is 2.65. The van der Waals surface area contributed by atoms with E-state index in [0.717, 1.165) is 15.7 Å². The molecule has 1 unspecified atom stereocenters. The Kier molecular flexibility index (Phi) is 3.59. The van der Waals surface area contributed by atoms with Crippen LogP contribution in [0.1, 0.15) is 22.3 Å². The molecule has 2 rings (SSSR count). The average molecular weight is 253 g/mol. The first-order chi connectivity index (χ1) is 7.70. The Morgan fingerprint density at radius 2 is 2.00 bits per heavy atom. The van der Waals surface area contributed by atoms with Crippen LogP contribution in [0.4, 0.5) is 0 Å². The number of hydrogen-bond donors (Lipinski definition) is 1. The fraction of sp³-hybridized carbons (Fsp3) is 0.250. The summed E-state index contributed by atoms with van der Waals surface area (Å²) in [5.41, 5.74) is 2.25. The number of hydrogen-bond acceptors (Lipinski definition) is 3. The van der Waals surface area contributed by atoms with Crippen molar-refractivity contribution in [1.29, 1.82) is 0 Å². The Labute approximate surface area is 104 Å². The summed E-state index contributed by atoms with van der Waals surface area (Å²) in [6, 6.07) is 8.01. The van der Waals surface area contributed by atoms with Gasteiger partial charge < -0.3 is 5.32 Å². The van der Waals surface area contributed by atoms with Crippen LogP contribution in [-0.4, -0.2) is 12.0 Å². The zero-order chi connectivity index (χ0) is 11.5. The normalized spacial score (nSPS) is 12.7. The quantitative estimate of drug-likeness (QED) is 0.906. The topological polar surface area (TPSA) is 24.9 Å². The number of halogens is 1. The Bertz CT molecular complexity index is 464. The lowest BCUT2D eigenvalue weighted by Gasteiger charge is -2.13. The Hall–Kier alpha value is -0.900. The van der Waals surface area contributed by atoms with Crippen LogP contribution in [0.25, 0.3) is 0 Å². The van der Waals surface area contributed by atoms with E-state index in [0.29, 0.717) is 0 Å². The van der Waals surface area contributed by atoms with E-state index in [4.69, 9.17) is 11.6 Å². The van der Waals surface area contributed by atoms with Gasteiger partial charge >= 0.3 is 0 Å². The van der Waals surface area contributed by atoms with Crippen molar-refractivity contribution in [2.45, 2.75) is 13.0 Å². The van der Waals surface area contributed by atoms with E-state index in [1.165, 1.54) is 5.56 Å². The molecule has 0 spiro atoms. The maximum absolute atomic E-state index is 5.88. The zero-order valence-electron chi connectivity index (χ0n) is 9.20. The SMILES string of the molecule is CNC(c1ccc(Cl)cc1)c1nc(C)cs1. The molecule has 0 aliphatic heterocycles. The lowest BCUT2D eigenvalue weighted by Crippen LogP contribution is -2.17. The van der Waals surface area contributed by atoms with Gasteiger partial charge in [0.25, 0.3) is 0 Å². The van der Waals surface area contributed by atoms with E-state index in [2.05, 4.69) is 15.7 Å². The molecule has 1 heterocycles. The first-order valence-electron chi connectivity index (χ1n) is 5.05. The van der Waals surface area contributed by atoms with Crippen LogP contribution in [0.3, 0.4) is 0 Å². The molecule has 0 bridgehead atoms. The minimum Gasteiger partial charge on any atom is -0.307 e. The van der Waals surface area contributed by atoms with Crippen LogP contribution < -0.4 is 5.32 Å². The minimum atomic E-state index is 0.149. The Morgan fingerprint density at radius 3 is 2.50 bits per heavy atom. The van der Waals surface area contributed by atoms with Crippen molar-refractivity contribution in [2.24, 2.45) is 0 Å². The van der Waals surface area contributed by atoms with E-state index in [-0.39, 0.29) is 6.04 Å². The van der Waals surface area contributed by atoms with Crippen LogP contribution in [0, 0.1) is 6.92 Å². The van der Waals surface area contributed by atoms with Gasteiger partial charge in [-0.25, -0.2) is 4.98 Å². The second-order valence-corrected chi connectivity index (χ2v) is 4.93. The van der Waals surface area contributed by atoms with Crippen molar-refractivity contribution in [3.63, 3.8) is 0 Å². The van der Waals surface area contributed by atoms with Crippen molar-refractivity contribution >= 4 is 22.9 Å². The molecule has 1 aromatic heterocycles. The molecule has 84 valence electrons. The highest BCUT2D eigenvalue weighted by Gasteiger charge is 2.14. The van der Waals surface area contributed by atoms with E-state index in [1.54, 1.807) is 11.3 Å². The smallest absolute Gasteiger partial charge is 0.114 e. The summed E-state index contributed by atoms with van der Waals surface area (Å²) in [7, 11) is 1.94. The van der Waals surface area contributed by atoms with Crippen molar-refractivity contribution in [3.8, 4) is 0 Å². The van der Waals surface area contributed by atoms with Gasteiger partial charge in [0.15, 0.2) is 0 Å². The molecule has 2 aromatic rings. The third-order valence-corrected chi connectivity index (χ3v) is 3.66. The van der Waals surface area contributed by atoms with Gasteiger partial charge in [0.2, 0.25) is 0 Å². The van der Waals surface area contributed by atoms with Gasteiger partial charge in [-0.1, -0.05) is 23.7 Å². The highest BCUT2D eigenvalue weighted by atomic mass is 35.5. The van der Waals surface area contributed by atoms with Gasteiger partial charge in [-0.2, -0.15) is 0 Å². The largest absolute Gasteiger partial charge is 0.307 e. The lowest BCUT2D eigenvalue weighted by molar-refractivity contribution is 0.685. The second kappa shape index (κ2) is 4.95. The van der Waals surface area contributed by atoms with Crippen LogP contribution in [0.15, 0.2) is 29.6 Å². The predicted octanol–water partition coefficient (Wildman–Crippen LogP) is 3.41. The van der Waals surface area contributed by atoms with Crippen LogP contribution in [0.5, 0.6) is 0 Å². The molecular formula is C12H13ClN2S. The van der Waals surface area contributed by atoms with Crippen LogP contribution >= 0.6 is 22.9 Å². The van der Waals surface area contributed by atoms with Gasteiger partial charge in [0.1, 0.15) is 5.01 Å². The number of nitrogens with zero attached hydrogens (tertiary/aromatic N) is 1. The molecule has 1 N–H and O–H groups in total. The summed E-state index contributed by atoms with van der Waals surface area (Å²) >= 11 is 7.55. The van der Waals surface area contributed by atoms with Gasteiger partial charge in [0.05, 0.1) is 6.04 Å². The summed E-state index contributed by atoms with van der Waals surface area (Å²) in [6.45, 7) is 2.01. The van der Waals surface area contributed by atoms with Gasteiger partial charge in [-0.05, 0) is 31.7 Å². The minimum absolute atomic E-state index is 0.149. The standard InChI is InChI=1S/C12H13ClN2S/c1-8-7-16-12(15-8)11(14-2)9-3-5-10(13)6-4-9/h3-7,11,14H,1-2H3. The van der Waals surface area contributed by atoms with Gasteiger partial charge in [-0.15, -0.1) is 11.3 Å². The van der Waals surface area contributed by atoms with E-state index < -0.39 is 0 Å². The molecule has 16 heavy (non-hydrogen) atoms. The molecule has 0 aliphatic carbocycles. The molecule has 4 heteroatoms. The Morgan fingerprint density at radius 1 is 1.31 bits per heavy atom. The third-order valence-electron chi connectivity index (χ3n) is 2.38. The number of aryl methyl sites for hydroxylation is 1. The number of thiazole rings is 1.